The minimum Gasteiger partial charge on any atom is -0.320 e. The van der Waals surface area contributed by atoms with Crippen molar-refractivity contribution in [3.63, 3.8) is 0 Å². The van der Waals surface area contributed by atoms with Crippen LogP contribution in [-0.4, -0.2) is 15.9 Å². The molecule has 0 atom stereocenters. The molecule has 4 bridgehead atoms. The average Bonchev–Trinajstić information content (AvgIpc) is 2.41. The summed E-state index contributed by atoms with van der Waals surface area (Å²) in [4.78, 5) is 21.1. The highest BCUT2D eigenvalue weighted by Gasteiger charge is 2.54. The molecule has 1 heterocycles. The van der Waals surface area contributed by atoms with Gasteiger partial charge in [0.05, 0.1) is 5.41 Å². The van der Waals surface area contributed by atoms with Gasteiger partial charge in [-0.15, -0.1) is 0 Å². The van der Waals surface area contributed by atoms with E-state index in [0.29, 0.717) is 11.5 Å². The molecule has 0 aromatic carbocycles. The van der Waals surface area contributed by atoms with Gasteiger partial charge in [-0.1, -0.05) is 23.2 Å². The molecule has 118 valence electrons. The lowest BCUT2D eigenvalue weighted by Gasteiger charge is -2.55. The molecule has 4 fully saturated rings. The first-order valence-corrected chi connectivity index (χ1v) is 8.72. The number of halogens is 2. The Morgan fingerprint density at radius 3 is 1.95 bits per heavy atom. The minimum atomic E-state index is -0.230. The monoisotopic (exact) mass is 339 g/mol. The summed E-state index contributed by atoms with van der Waals surface area (Å²) in [6.45, 7) is 1.72. The van der Waals surface area contributed by atoms with Crippen LogP contribution in [0.25, 0.3) is 0 Å². The van der Waals surface area contributed by atoms with Gasteiger partial charge >= 0.3 is 0 Å². The fourth-order valence-corrected chi connectivity index (χ4v) is 5.81. The van der Waals surface area contributed by atoms with Crippen molar-refractivity contribution in [2.75, 3.05) is 5.32 Å². The lowest BCUT2D eigenvalue weighted by Crippen LogP contribution is -2.51. The van der Waals surface area contributed by atoms with Crippen molar-refractivity contribution in [2.45, 2.75) is 45.4 Å². The number of aryl methyl sites for hydroxylation is 1. The van der Waals surface area contributed by atoms with Crippen LogP contribution < -0.4 is 5.32 Å². The number of hydrogen-bond acceptors (Lipinski definition) is 3. The fraction of sp³-hybridized carbons (Fsp3) is 0.688. The fourth-order valence-electron chi connectivity index (χ4n) is 5.24. The second-order valence-corrected chi connectivity index (χ2v) is 8.10. The number of carbonyl (C=O) groups is 1. The van der Waals surface area contributed by atoms with Crippen LogP contribution in [0, 0.1) is 30.1 Å². The maximum atomic E-state index is 13.0. The zero-order chi connectivity index (χ0) is 15.5. The molecule has 4 aliphatic rings. The Kier molecular flexibility index (Phi) is 3.39. The van der Waals surface area contributed by atoms with E-state index in [4.69, 9.17) is 23.2 Å². The third kappa shape index (κ3) is 2.31. The van der Waals surface area contributed by atoms with Gasteiger partial charge in [0.1, 0.15) is 11.5 Å². The molecule has 1 amide bonds. The van der Waals surface area contributed by atoms with Crippen molar-refractivity contribution >= 4 is 34.8 Å². The Hall–Kier alpha value is -0.870. The molecular weight excluding hydrogens is 321 g/mol. The van der Waals surface area contributed by atoms with E-state index in [9.17, 15) is 4.79 Å². The Morgan fingerprint density at radius 2 is 1.50 bits per heavy atom. The number of nitrogens with zero attached hydrogens (tertiary/aromatic N) is 2. The lowest BCUT2D eigenvalue weighted by molar-refractivity contribution is -0.140. The highest BCUT2D eigenvalue weighted by atomic mass is 35.5. The summed E-state index contributed by atoms with van der Waals surface area (Å²) < 4.78 is 0. The summed E-state index contributed by atoms with van der Waals surface area (Å²) in [6.07, 6.45) is 6.94. The topological polar surface area (TPSA) is 54.9 Å². The second kappa shape index (κ2) is 5.07. The Labute approximate surface area is 140 Å². The molecular formula is C16H19Cl2N3O. The first-order chi connectivity index (χ1) is 10.4. The number of aromatic nitrogens is 2. The van der Waals surface area contributed by atoms with Gasteiger partial charge in [0.15, 0.2) is 10.3 Å². The maximum Gasteiger partial charge on any atom is 0.230 e. The number of amides is 1. The number of hydrogen-bond donors (Lipinski definition) is 1. The molecule has 0 aliphatic heterocycles. The molecule has 0 radical (unpaired) electrons. The Bertz CT molecular complexity index is 588. The average molecular weight is 340 g/mol. The predicted molar refractivity (Wildman–Crippen MR) is 86.0 cm³/mol. The molecule has 6 heteroatoms. The molecule has 0 spiro atoms. The van der Waals surface area contributed by atoms with Gasteiger partial charge in [-0.2, -0.15) is 0 Å². The van der Waals surface area contributed by atoms with Crippen molar-refractivity contribution in [2.24, 2.45) is 23.2 Å². The summed E-state index contributed by atoms with van der Waals surface area (Å²) in [5.74, 6) is 2.72. The quantitative estimate of drug-likeness (QED) is 0.819. The van der Waals surface area contributed by atoms with Crippen LogP contribution in [-0.2, 0) is 4.79 Å². The summed E-state index contributed by atoms with van der Waals surface area (Å²) in [7, 11) is 0. The van der Waals surface area contributed by atoms with Crippen molar-refractivity contribution in [3.8, 4) is 0 Å². The molecule has 4 saturated carbocycles. The van der Waals surface area contributed by atoms with Crippen LogP contribution in [0.3, 0.4) is 0 Å². The second-order valence-electron chi connectivity index (χ2n) is 7.38. The van der Waals surface area contributed by atoms with Crippen LogP contribution in [0.2, 0.25) is 10.3 Å². The van der Waals surface area contributed by atoms with E-state index in [1.54, 1.807) is 6.92 Å². The van der Waals surface area contributed by atoms with Crippen molar-refractivity contribution in [3.05, 3.63) is 16.1 Å². The van der Waals surface area contributed by atoms with E-state index < -0.39 is 0 Å². The first-order valence-electron chi connectivity index (χ1n) is 7.96. The Morgan fingerprint density at radius 1 is 1.05 bits per heavy atom. The summed E-state index contributed by atoms with van der Waals surface area (Å²) in [5, 5.41) is 3.37. The van der Waals surface area contributed by atoms with Crippen molar-refractivity contribution in [1.29, 1.82) is 0 Å². The molecule has 1 aromatic heterocycles. The van der Waals surface area contributed by atoms with E-state index in [1.165, 1.54) is 19.3 Å². The predicted octanol–water partition coefficient (Wildman–Crippen LogP) is 4.25. The number of nitrogens with one attached hydrogen (secondary N) is 1. The molecule has 1 aromatic rings. The third-order valence-corrected chi connectivity index (χ3v) is 6.24. The van der Waals surface area contributed by atoms with Crippen LogP contribution in [0.15, 0.2) is 0 Å². The van der Waals surface area contributed by atoms with Gasteiger partial charge < -0.3 is 5.32 Å². The van der Waals surface area contributed by atoms with E-state index in [1.807, 2.05) is 0 Å². The standard InChI is InChI=1S/C16H19Cl2N3O/c1-8-19-13(17)12(14(18)20-8)21-15(22)16-5-9-2-10(6-16)4-11(3-9)7-16/h9-11H,2-7H2,1H3,(H,21,22). The lowest BCUT2D eigenvalue weighted by atomic mass is 9.49. The summed E-state index contributed by atoms with van der Waals surface area (Å²) in [5.41, 5.74) is 0.126. The highest BCUT2D eigenvalue weighted by Crippen LogP contribution is 2.60. The SMILES string of the molecule is Cc1nc(Cl)c(NC(=O)C23CC4CC(CC(C4)C2)C3)c(Cl)n1. The van der Waals surface area contributed by atoms with Gasteiger partial charge in [-0.05, 0) is 63.2 Å². The normalized spacial score (nSPS) is 35.7. The number of carbonyl (C=O) groups excluding carboxylic acids is 1. The van der Waals surface area contributed by atoms with Crippen LogP contribution in [0.1, 0.15) is 44.3 Å². The zero-order valence-electron chi connectivity index (χ0n) is 12.5. The number of rotatable bonds is 2. The Balaban J connectivity index is 1.60. The molecule has 5 rings (SSSR count). The van der Waals surface area contributed by atoms with E-state index in [0.717, 1.165) is 37.0 Å². The smallest absolute Gasteiger partial charge is 0.230 e. The van der Waals surface area contributed by atoms with E-state index >= 15 is 0 Å². The number of anilines is 1. The largest absolute Gasteiger partial charge is 0.320 e. The minimum absolute atomic E-state index is 0.0582. The molecule has 0 saturated heterocycles. The molecule has 4 nitrogen and oxygen atoms in total. The van der Waals surface area contributed by atoms with Crippen LogP contribution >= 0.6 is 23.2 Å². The van der Waals surface area contributed by atoms with E-state index in [2.05, 4.69) is 15.3 Å². The summed E-state index contributed by atoms with van der Waals surface area (Å²) >= 11 is 12.3. The molecule has 22 heavy (non-hydrogen) atoms. The van der Waals surface area contributed by atoms with E-state index in [-0.39, 0.29) is 21.6 Å². The third-order valence-electron chi connectivity index (χ3n) is 5.69. The van der Waals surface area contributed by atoms with Gasteiger partial charge in [0.2, 0.25) is 5.91 Å². The molecule has 4 aliphatic carbocycles. The summed E-state index contributed by atoms with van der Waals surface area (Å²) in [6, 6.07) is 0. The molecule has 1 N–H and O–H groups in total. The maximum absolute atomic E-state index is 13.0. The zero-order valence-corrected chi connectivity index (χ0v) is 14.0. The first kappa shape index (κ1) is 14.7. The van der Waals surface area contributed by atoms with Crippen molar-refractivity contribution in [1.82, 2.24) is 9.97 Å². The van der Waals surface area contributed by atoms with Gasteiger partial charge in [-0.25, -0.2) is 9.97 Å². The van der Waals surface area contributed by atoms with Gasteiger partial charge in [-0.3, -0.25) is 4.79 Å². The van der Waals surface area contributed by atoms with Crippen LogP contribution in [0.5, 0.6) is 0 Å². The highest BCUT2D eigenvalue weighted by molar-refractivity contribution is 6.38. The van der Waals surface area contributed by atoms with Crippen molar-refractivity contribution < 1.29 is 4.79 Å². The van der Waals surface area contributed by atoms with Gasteiger partial charge in [0, 0.05) is 0 Å². The van der Waals surface area contributed by atoms with Crippen LogP contribution in [0.4, 0.5) is 5.69 Å². The molecule has 0 unspecified atom stereocenters. The van der Waals surface area contributed by atoms with Gasteiger partial charge in [0.25, 0.3) is 0 Å².